The van der Waals surface area contributed by atoms with E-state index in [9.17, 15) is 0 Å². The normalized spacial score (nSPS) is 18.9. The molecule has 0 unspecified atom stereocenters. The van der Waals surface area contributed by atoms with Gasteiger partial charge in [0.1, 0.15) is 5.75 Å². The van der Waals surface area contributed by atoms with Gasteiger partial charge in [0.15, 0.2) is 0 Å². The molecule has 2 aromatic rings. The molecular weight excluding hydrogens is 340 g/mol. The monoisotopic (exact) mass is 374 g/mol. The molecule has 0 aromatic heterocycles. The van der Waals surface area contributed by atoms with Gasteiger partial charge in [-0.25, -0.2) is 0 Å². The number of hydrogen-bond donors (Lipinski definition) is 0. The third kappa shape index (κ3) is 6.16. The summed E-state index contributed by atoms with van der Waals surface area (Å²) in [6.45, 7) is 5.27. The second-order valence-corrected chi connectivity index (χ2v) is 8.08. The van der Waals surface area contributed by atoms with E-state index < -0.39 is 0 Å². The van der Waals surface area contributed by atoms with E-state index in [2.05, 4.69) is 74.2 Å². The number of benzene rings is 2. The average Bonchev–Trinajstić information content (AvgIpc) is 2.75. The predicted molar refractivity (Wildman–Crippen MR) is 120 cm³/mol. The van der Waals surface area contributed by atoms with Crippen LogP contribution in [0, 0.1) is 23.7 Å². The van der Waals surface area contributed by atoms with Gasteiger partial charge in [0.25, 0.3) is 0 Å². The van der Waals surface area contributed by atoms with Gasteiger partial charge in [0.2, 0.25) is 0 Å². The SMILES string of the molecule is CCCCOc1ccc(-c2ccc(C#C[C@H]3CC[C@H](CCC)CC3)cc2)cc1. The summed E-state index contributed by atoms with van der Waals surface area (Å²) < 4.78 is 5.75. The van der Waals surface area contributed by atoms with Gasteiger partial charge in [0.05, 0.1) is 6.61 Å². The molecule has 1 fully saturated rings. The summed E-state index contributed by atoms with van der Waals surface area (Å²) in [6, 6.07) is 17.0. The van der Waals surface area contributed by atoms with Crippen LogP contribution in [0.3, 0.4) is 0 Å². The Morgan fingerprint density at radius 1 is 0.821 bits per heavy atom. The second kappa shape index (κ2) is 11.0. The summed E-state index contributed by atoms with van der Waals surface area (Å²) in [4.78, 5) is 0. The molecule has 1 aliphatic carbocycles. The van der Waals surface area contributed by atoms with Crippen LogP contribution in [0.2, 0.25) is 0 Å². The first-order valence-corrected chi connectivity index (χ1v) is 11.1. The Bertz CT molecular complexity index is 753. The van der Waals surface area contributed by atoms with E-state index in [0.29, 0.717) is 5.92 Å². The smallest absolute Gasteiger partial charge is 0.119 e. The highest BCUT2D eigenvalue weighted by atomic mass is 16.5. The Morgan fingerprint density at radius 3 is 2.07 bits per heavy atom. The fraction of sp³-hybridized carbons (Fsp3) is 0.481. The number of rotatable bonds is 7. The molecule has 1 saturated carbocycles. The van der Waals surface area contributed by atoms with Crippen LogP contribution in [-0.2, 0) is 0 Å². The lowest BCUT2D eigenvalue weighted by molar-refractivity contribution is 0.300. The third-order valence-corrected chi connectivity index (χ3v) is 5.80. The average molecular weight is 375 g/mol. The highest BCUT2D eigenvalue weighted by Gasteiger charge is 2.18. The van der Waals surface area contributed by atoms with Gasteiger partial charge in [-0.15, -0.1) is 0 Å². The molecule has 148 valence electrons. The second-order valence-electron chi connectivity index (χ2n) is 8.08. The van der Waals surface area contributed by atoms with Crippen molar-refractivity contribution in [2.24, 2.45) is 11.8 Å². The van der Waals surface area contributed by atoms with Crippen molar-refractivity contribution in [3.8, 4) is 28.7 Å². The zero-order valence-corrected chi connectivity index (χ0v) is 17.5. The third-order valence-electron chi connectivity index (χ3n) is 5.80. The molecule has 0 heterocycles. The summed E-state index contributed by atoms with van der Waals surface area (Å²) in [7, 11) is 0. The summed E-state index contributed by atoms with van der Waals surface area (Å²) in [5.74, 6) is 9.43. The maximum atomic E-state index is 5.75. The first-order chi connectivity index (χ1) is 13.8. The fourth-order valence-electron chi connectivity index (χ4n) is 4.01. The molecule has 1 aliphatic rings. The Kier molecular flexibility index (Phi) is 8.04. The molecule has 0 spiro atoms. The summed E-state index contributed by atoms with van der Waals surface area (Å²) in [5.41, 5.74) is 3.57. The van der Waals surface area contributed by atoms with Crippen LogP contribution >= 0.6 is 0 Å². The first kappa shape index (κ1) is 20.5. The molecule has 0 radical (unpaired) electrons. The Labute approximate surface area is 171 Å². The van der Waals surface area contributed by atoms with Crippen LogP contribution in [0.5, 0.6) is 5.75 Å². The lowest BCUT2D eigenvalue weighted by Gasteiger charge is -2.25. The van der Waals surface area contributed by atoms with Crippen LogP contribution in [0.1, 0.15) is 70.8 Å². The van der Waals surface area contributed by atoms with Crippen molar-refractivity contribution < 1.29 is 4.74 Å². The van der Waals surface area contributed by atoms with E-state index in [0.717, 1.165) is 36.7 Å². The van der Waals surface area contributed by atoms with Gasteiger partial charge in [-0.1, -0.05) is 69.2 Å². The maximum Gasteiger partial charge on any atom is 0.119 e. The molecule has 0 atom stereocenters. The van der Waals surface area contributed by atoms with Crippen LogP contribution in [-0.4, -0.2) is 6.61 Å². The Hall–Kier alpha value is -2.20. The number of unbranched alkanes of at least 4 members (excludes halogenated alkanes) is 1. The highest BCUT2D eigenvalue weighted by molar-refractivity contribution is 5.65. The molecule has 0 aliphatic heterocycles. The van der Waals surface area contributed by atoms with Gasteiger partial charge < -0.3 is 4.74 Å². The van der Waals surface area contributed by atoms with Crippen molar-refractivity contribution in [1.82, 2.24) is 0 Å². The van der Waals surface area contributed by atoms with Gasteiger partial charge in [-0.05, 0) is 73.4 Å². The minimum atomic E-state index is 0.591. The van der Waals surface area contributed by atoms with Crippen molar-refractivity contribution in [2.75, 3.05) is 6.61 Å². The Balaban J connectivity index is 1.54. The van der Waals surface area contributed by atoms with Crippen LogP contribution < -0.4 is 4.74 Å². The molecule has 2 aromatic carbocycles. The minimum Gasteiger partial charge on any atom is -0.494 e. The van der Waals surface area contributed by atoms with E-state index in [-0.39, 0.29) is 0 Å². The summed E-state index contributed by atoms with van der Waals surface area (Å²) in [5, 5.41) is 0. The highest BCUT2D eigenvalue weighted by Crippen LogP contribution is 2.31. The lowest BCUT2D eigenvalue weighted by Crippen LogP contribution is -2.13. The number of ether oxygens (including phenoxy) is 1. The molecule has 1 heteroatoms. The topological polar surface area (TPSA) is 9.23 Å². The standard InChI is InChI=1S/C27H34O/c1-3-5-21-28-27-19-17-26(18-20-27)25-15-13-24(14-16-25)12-11-23-9-7-22(6-4-2)8-10-23/h13-20,22-23H,3-10,21H2,1-2H3/t22-,23-. The molecule has 3 rings (SSSR count). The maximum absolute atomic E-state index is 5.75. The predicted octanol–water partition coefficient (Wildman–Crippen LogP) is 7.49. The van der Waals surface area contributed by atoms with Crippen molar-refractivity contribution in [3.63, 3.8) is 0 Å². The molecule has 0 saturated heterocycles. The molecule has 0 N–H and O–H groups in total. The fourth-order valence-corrected chi connectivity index (χ4v) is 4.01. The van der Waals surface area contributed by atoms with Crippen molar-refractivity contribution in [3.05, 3.63) is 54.1 Å². The zero-order chi connectivity index (χ0) is 19.6. The molecule has 0 bridgehead atoms. The quantitative estimate of drug-likeness (QED) is 0.360. The van der Waals surface area contributed by atoms with Gasteiger partial charge >= 0.3 is 0 Å². The molecule has 28 heavy (non-hydrogen) atoms. The molecule has 0 amide bonds. The van der Waals surface area contributed by atoms with Crippen LogP contribution in [0.15, 0.2) is 48.5 Å². The van der Waals surface area contributed by atoms with E-state index in [1.807, 2.05) is 0 Å². The first-order valence-electron chi connectivity index (χ1n) is 11.1. The zero-order valence-electron chi connectivity index (χ0n) is 17.5. The summed E-state index contributed by atoms with van der Waals surface area (Å²) in [6.07, 6.45) is 10.3. The van der Waals surface area contributed by atoms with E-state index in [1.165, 1.54) is 49.7 Å². The van der Waals surface area contributed by atoms with E-state index in [4.69, 9.17) is 4.74 Å². The van der Waals surface area contributed by atoms with Crippen molar-refractivity contribution >= 4 is 0 Å². The van der Waals surface area contributed by atoms with E-state index in [1.54, 1.807) is 0 Å². The van der Waals surface area contributed by atoms with Crippen molar-refractivity contribution in [1.29, 1.82) is 0 Å². The lowest BCUT2D eigenvalue weighted by atomic mass is 9.80. The van der Waals surface area contributed by atoms with E-state index >= 15 is 0 Å². The summed E-state index contributed by atoms with van der Waals surface area (Å²) >= 11 is 0. The van der Waals surface area contributed by atoms with Gasteiger partial charge in [-0.3, -0.25) is 0 Å². The largest absolute Gasteiger partial charge is 0.494 e. The number of hydrogen-bond acceptors (Lipinski definition) is 1. The van der Waals surface area contributed by atoms with Gasteiger partial charge in [-0.2, -0.15) is 0 Å². The minimum absolute atomic E-state index is 0.591. The van der Waals surface area contributed by atoms with Crippen molar-refractivity contribution in [2.45, 2.75) is 65.2 Å². The van der Waals surface area contributed by atoms with Crippen LogP contribution in [0.25, 0.3) is 11.1 Å². The van der Waals surface area contributed by atoms with Crippen LogP contribution in [0.4, 0.5) is 0 Å². The molecule has 1 nitrogen and oxygen atoms in total. The molecular formula is C27H34O. The Morgan fingerprint density at radius 2 is 1.46 bits per heavy atom. The van der Waals surface area contributed by atoms with Gasteiger partial charge in [0, 0.05) is 11.5 Å².